The van der Waals surface area contributed by atoms with E-state index >= 15 is 0 Å². The zero-order valence-corrected chi connectivity index (χ0v) is 15.2. The summed E-state index contributed by atoms with van der Waals surface area (Å²) in [5.74, 6) is 1.23. The van der Waals surface area contributed by atoms with Crippen LogP contribution >= 0.6 is 23.4 Å². The van der Waals surface area contributed by atoms with Gasteiger partial charge in [-0.05, 0) is 42.0 Å². The minimum absolute atomic E-state index is 0.234. The number of aromatic nitrogens is 3. The van der Waals surface area contributed by atoms with Crippen molar-refractivity contribution in [3.8, 4) is 11.4 Å². The Morgan fingerprint density at radius 2 is 1.80 bits per heavy atom. The minimum Gasteiger partial charge on any atom is -0.383 e. The molecule has 2 aromatic carbocycles. The monoisotopic (exact) mass is 377 g/mol. The standard InChI is InChI=1S/C18H17ClFN3OS/c1-24-11-10-23-17(14-4-6-15(19)7-5-14)21-22-18(23)25-12-13-2-8-16(20)9-3-13/h2-9H,10-12H2,1H3. The van der Waals surface area contributed by atoms with Crippen LogP contribution in [0.5, 0.6) is 0 Å². The van der Waals surface area contributed by atoms with Gasteiger partial charge in [-0.3, -0.25) is 4.57 Å². The van der Waals surface area contributed by atoms with E-state index < -0.39 is 0 Å². The Morgan fingerprint density at radius 3 is 2.48 bits per heavy atom. The Balaban J connectivity index is 1.82. The summed E-state index contributed by atoms with van der Waals surface area (Å²) in [7, 11) is 1.66. The first-order chi connectivity index (χ1) is 12.2. The van der Waals surface area contributed by atoms with Crippen LogP contribution < -0.4 is 0 Å². The third kappa shape index (κ3) is 4.60. The normalized spacial score (nSPS) is 11.0. The van der Waals surface area contributed by atoms with Crippen molar-refractivity contribution in [2.24, 2.45) is 0 Å². The number of hydrogen-bond donors (Lipinski definition) is 0. The summed E-state index contributed by atoms with van der Waals surface area (Å²) in [5, 5.41) is 10.1. The first-order valence-electron chi connectivity index (χ1n) is 7.72. The molecule has 1 heterocycles. The van der Waals surface area contributed by atoms with Crippen molar-refractivity contribution in [1.29, 1.82) is 0 Å². The van der Waals surface area contributed by atoms with Crippen molar-refractivity contribution in [2.45, 2.75) is 17.5 Å². The molecule has 0 aliphatic heterocycles. The van der Waals surface area contributed by atoms with E-state index in [1.54, 1.807) is 31.0 Å². The number of hydrogen-bond acceptors (Lipinski definition) is 4. The van der Waals surface area contributed by atoms with Gasteiger partial charge >= 0.3 is 0 Å². The van der Waals surface area contributed by atoms with Gasteiger partial charge in [0.25, 0.3) is 0 Å². The molecule has 0 radical (unpaired) electrons. The van der Waals surface area contributed by atoms with Crippen LogP contribution in [-0.2, 0) is 17.0 Å². The number of ether oxygens (including phenoxy) is 1. The molecule has 130 valence electrons. The van der Waals surface area contributed by atoms with Crippen molar-refractivity contribution in [3.63, 3.8) is 0 Å². The number of rotatable bonds is 7. The molecular formula is C18H17ClFN3OS. The largest absolute Gasteiger partial charge is 0.383 e. The molecule has 0 aliphatic carbocycles. The van der Waals surface area contributed by atoms with Crippen molar-refractivity contribution < 1.29 is 9.13 Å². The molecule has 0 aliphatic rings. The van der Waals surface area contributed by atoms with E-state index in [-0.39, 0.29) is 5.82 Å². The smallest absolute Gasteiger partial charge is 0.191 e. The van der Waals surface area contributed by atoms with E-state index in [1.165, 1.54) is 12.1 Å². The summed E-state index contributed by atoms with van der Waals surface area (Å²) in [4.78, 5) is 0. The summed E-state index contributed by atoms with van der Waals surface area (Å²) in [5.41, 5.74) is 1.97. The molecule has 0 amide bonds. The summed E-state index contributed by atoms with van der Waals surface area (Å²) in [6.45, 7) is 1.20. The van der Waals surface area contributed by atoms with Crippen molar-refractivity contribution in [2.75, 3.05) is 13.7 Å². The maximum Gasteiger partial charge on any atom is 0.191 e. The van der Waals surface area contributed by atoms with Crippen LogP contribution in [0.2, 0.25) is 5.02 Å². The molecule has 0 unspecified atom stereocenters. The molecule has 0 N–H and O–H groups in total. The van der Waals surface area contributed by atoms with Crippen molar-refractivity contribution in [1.82, 2.24) is 14.8 Å². The number of methoxy groups -OCH3 is 1. The van der Waals surface area contributed by atoms with Crippen molar-refractivity contribution >= 4 is 23.4 Å². The fraction of sp³-hybridized carbons (Fsp3) is 0.222. The maximum atomic E-state index is 13.0. The predicted octanol–water partition coefficient (Wildman–Crippen LogP) is 4.68. The third-order valence-electron chi connectivity index (χ3n) is 3.62. The summed E-state index contributed by atoms with van der Waals surface area (Å²) in [6.07, 6.45) is 0. The highest BCUT2D eigenvalue weighted by Crippen LogP contribution is 2.27. The fourth-order valence-corrected chi connectivity index (χ4v) is 3.37. The lowest BCUT2D eigenvalue weighted by molar-refractivity contribution is 0.185. The molecule has 0 bridgehead atoms. The topological polar surface area (TPSA) is 39.9 Å². The van der Waals surface area contributed by atoms with E-state index in [4.69, 9.17) is 16.3 Å². The first kappa shape index (κ1) is 17.9. The Morgan fingerprint density at radius 1 is 1.08 bits per heavy atom. The molecule has 4 nitrogen and oxygen atoms in total. The highest BCUT2D eigenvalue weighted by atomic mass is 35.5. The van der Waals surface area contributed by atoms with Crippen LogP contribution in [0.3, 0.4) is 0 Å². The average Bonchev–Trinajstić information content (AvgIpc) is 3.03. The zero-order chi connectivity index (χ0) is 17.6. The number of thioether (sulfide) groups is 1. The van der Waals surface area contributed by atoms with Gasteiger partial charge in [-0.2, -0.15) is 0 Å². The molecule has 0 atom stereocenters. The van der Waals surface area contributed by atoms with Crippen molar-refractivity contribution in [3.05, 3.63) is 64.9 Å². The highest BCUT2D eigenvalue weighted by molar-refractivity contribution is 7.98. The highest BCUT2D eigenvalue weighted by Gasteiger charge is 2.14. The van der Waals surface area contributed by atoms with Gasteiger partial charge in [-0.1, -0.05) is 35.5 Å². The van der Waals surface area contributed by atoms with E-state index in [0.717, 1.165) is 22.1 Å². The lowest BCUT2D eigenvalue weighted by atomic mass is 10.2. The van der Waals surface area contributed by atoms with Crippen LogP contribution in [0.4, 0.5) is 4.39 Å². The van der Waals surface area contributed by atoms with E-state index in [0.29, 0.717) is 23.9 Å². The molecule has 7 heteroatoms. The average molecular weight is 378 g/mol. The first-order valence-corrected chi connectivity index (χ1v) is 9.09. The van der Waals surface area contributed by atoms with Gasteiger partial charge in [0.15, 0.2) is 11.0 Å². The van der Waals surface area contributed by atoms with E-state index in [9.17, 15) is 4.39 Å². The van der Waals surface area contributed by atoms with Crippen LogP contribution in [0.25, 0.3) is 11.4 Å². The fourth-order valence-electron chi connectivity index (χ4n) is 2.32. The maximum absolute atomic E-state index is 13.0. The Kier molecular flexibility index (Phi) is 6.07. The Hall–Kier alpha value is -1.89. The second-order valence-corrected chi connectivity index (χ2v) is 6.75. The van der Waals surface area contributed by atoms with Gasteiger partial charge < -0.3 is 4.74 Å². The summed E-state index contributed by atoms with van der Waals surface area (Å²) in [6, 6.07) is 14.0. The SMILES string of the molecule is COCCn1c(SCc2ccc(F)cc2)nnc1-c1ccc(Cl)cc1. The third-order valence-corrected chi connectivity index (χ3v) is 4.91. The second kappa shape index (κ2) is 8.47. The molecule has 25 heavy (non-hydrogen) atoms. The molecule has 1 aromatic heterocycles. The predicted molar refractivity (Wildman–Crippen MR) is 98.3 cm³/mol. The van der Waals surface area contributed by atoms with Gasteiger partial charge in [0, 0.05) is 23.4 Å². The summed E-state index contributed by atoms with van der Waals surface area (Å²) >= 11 is 7.52. The molecule has 0 spiro atoms. The molecule has 3 rings (SSSR count). The minimum atomic E-state index is -0.234. The van der Waals surface area contributed by atoms with Gasteiger partial charge in [0.2, 0.25) is 0 Å². The number of nitrogens with zero attached hydrogens (tertiary/aromatic N) is 3. The Labute approximate surface area is 155 Å². The van der Waals surface area contributed by atoms with E-state index in [1.807, 2.05) is 28.8 Å². The van der Waals surface area contributed by atoms with Gasteiger partial charge in [-0.15, -0.1) is 10.2 Å². The molecule has 3 aromatic rings. The summed E-state index contributed by atoms with van der Waals surface area (Å²) < 4.78 is 20.3. The quantitative estimate of drug-likeness (QED) is 0.561. The lowest BCUT2D eigenvalue weighted by Gasteiger charge is -2.10. The van der Waals surface area contributed by atoms with Crippen LogP contribution in [-0.4, -0.2) is 28.5 Å². The number of halogens is 2. The van der Waals surface area contributed by atoms with Crippen LogP contribution in [0.1, 0.15) is 5.56 Å². The van der Waals surface area contributed by atoms with Gasteiger partial charge in [0.05, 0.1) is 13.2 Å². The van der Waals surface area contributed by atoms with Gasteiger partial charge in [0.1, 0.15) is 5.82 Å². The van der Waals surface area contributed by atoms with Gasteiger partial charge in [-0.25, -0.2) is 4.39 Å². The number of benzene rings is 2. The molecule has 0 fully saturated rings. The zero-order valence-electron chi connectivity index (χ0n) is 13.7. The lowest BCUT2D eigenvalue weighted by Crippen LogP contribution is -2.07. The molecule has 0 saturated carbocycles. The molecule has 0 saturated heterocycles. The second-order valence-electron chi connectivity index (χ2n) is 5.37. The van der Waals surface area contributed by atoms with Crippen LogP contribution in [0, 0.1) is 5.82 Å². The van der Waals surface area contributed by atoms with Crippen LogP contribution in [0.15, 0.2) is 53.7 Å². The van der Waals surface area contributed by atoms with E-state index in [2.05, 4.69) is 10.2 Å². The Bertz CT molecular complexity index is 821. The molecular weight excluding hydrogens is 361 g/mol.